The Labute approximate surface area is 145 Å². The highest BCUT2D eigenvalue weighted by atomic mass is 32.1. The minimum absolute atomic E-state index is 0.102. The first-order valence-electron chi connectivity index (χ1n) is 8.15. The first kappa shape index (κ1) is 15.5. The largest absolute Gasteiger partial charge is 0.369 e. The quantitative estimate of drug-likeness (QED) is 0.716. The molecular weight excluding hydrogens is 322 g/mol. The van der Waals surface area contributed by atoms with E-state index in [2.05, 4.69) is 53.4 Å². The van der Waals surface area contributed by atoms with Gasteiger partial charge in [0.2, 0.25) is 0 Å². The first-order valence-corrected chi connectivity index (χ1v) is 9.03. The van der Waals surface area contributed by atoms with Gasteiger partial charge in [0.25, 0.3) is 0 Å². The van der Waals surface area contributed by atoms with E-state index in [-0.39, 0.29) is 11.5 Å². The van der Waals surface area contributed by atoms with Crippen molar-refractivity contribution < 1.29 is 4.74 Å². The molecule has 0 saturated carbocycles. The van der Waals surface area contributed by atoms with Gasteiger partial charge in [-0.15, -0.1) is 26.6 Å². The van der Waals surface area contributed by atoms with E-state index in [0.717, 1.165) is 30.4 Å². The van der Waals surface area contributed by atoms with Crippen LogP contribution in [-0.2, 0) is 10.2 Å². The molecule has 1 unspecified atom stereocenters. The summed E-state index contributed by atoms with van der Waals surface area (Å²) >= 11 is 1.74. The van der Waals surface area contributed by atoms with Crippen molar-refractivity contribution in [1.82, 2.24) is 19.8 Å². The molecule has 0 amide bonds. The molecule has 4 rings (SSSR count). The lowest BCUT2D eigenvalue weighted by Gasteiger charge is -2.33. The van der Waals surface area contributed by atoms with Gasteiger partial charge in [-0.2, -0.15) is 4.52 Å². The molecule has 0 aliphatic carbocycles. The van der Waals surface area contributed by atoms with Crippen LogP contribution in [0.4, 0.5) is 5.82 Å². The molecule has 6 nitrogen and oxygen atoms in total. The molecular formula is C17H21N5OS. The van der Waals surface area contributed by atoms with Gasteiger partial charge in [0.05, 0.1) is 13.2 Å². The first-order chi connectivity index (χ1) is 11.5. The van der Waals surface area contributed by atoms with Crippen LogP contribution in [0.25, 0.3) is 5.65 Å². The molecule has 0 spiro atoms. The lowest BCUT2D eigenvalue weighted by molar-refractivity contribution is 0.0418. The second-order valence-corrected chi connectivity index (χ2v) is 8.04. The molecule has 0 aromatic carbocycles. The fraction of sp³-hybridized carbons (Fsp3) is 0.471. The van der Waals surface area contributed by atoms with Crippen molar-refractivity contribution in [3.05, 3.63) is 40.3 Å². The summed E-state index contributed by atoms with van der Waals surface area (Å²) < 4.78 is 7.80. The third-order valence-electron chi connectivity index (χ3n) is 4.17. The van der Waals surface area contributed by atoms with Gasteiger partial charge in [-0.05, 0) is 23.6 Å². The van der Waals surface area contributed by atoms with Crippen molar-refractivity contribution in [3.8, 4) is 0 Å². The number of nitrogens with zero attached hydrogens (tertiary/aromatic N) is 5. The average Bonchev–Trinajstić information content (AvgIpc) is 3.23. The van der Waals surface area contributed by atoms with E-state index in [9.17, 15) is 0 Å². The van der Waals surface area contributed by atoms with Gasteiger partial charge >= 0.3 is 0 Å². The summed E-state index contributed by atoms with van der Waals surface area (Å²) in [7, 11) is 0. The van der Waals surface area contributed by atoms with E-state index in [1.54, 1.807) is 11.3 Å². The number of morpholine rings is 1. The van der Waals surface area contributed by atoms with E-state index < -0.39 is 0 Å². The van der Waals surface area contributed by atoms with Crippen molar-refractivity contribution in [2.75, 3.05) is 24.6 Å². The minimum Gasteiger partial charge on any atom is -0.369 e. The van der Waals surface area contributed by atoms with Crippen LogP contribution in [0, 0.1) is 0 Å². The summed E-state index contributed by atoms with van der Waals surface area (Å²) in [6, 6.07) is 8.21. The minimum atomic E-state index is -0.102. The molecule has 7 heteroatoms. The summed E-state index contributed by atoms with van der Waals surface area (Å²) in [5.41, 5.74) is 0.682. The Bertz CT molecular complexity index is 836. The number of fused-ring (bicyclic) bond motifs is 1. The zero-order valence-corrected chi connectivity index (χ0v) is 15.0. The van der Waals surface area contributed by atoms with Crippen molar-refractivity contribution in [3.63, 3.8) is 0 Å². The predicted octanol–water partition coefficient (Wildman–Crippen LogP) is 3.06. The number of thiophene rings is 1. The fourth-order valence-electron chi connectivity index (χ4n) is 2.92. The Morgan fingerprint density at radius 2 is 2.08 bits per heavy atom. The summed E-state index contributed by atoms with van der Waals surface area (Å²) in [5.74, 6) is 1.82. The Kier molecular flexibility index (Phi) is 3.77. The van der Waals surface area contributed by atoms with Crippen LogP contribution in [0.1, 0.15) is 37.6 Å². The lowest BCUT2D eigenvalue weighted by atomic mass is 9.96. The van der Waals surface area contributed by atoms with Crippen LogP contribution >= 0.6 is 11.3 Å². The van der Waals surface area contributed by atoms with Crippen molar-refractivity contribution in [2.45, 2.75) is 32.3 Å². The highest BCUT2D eigenvalue weighted by Gasteiger charge is 2.26. The zero-order valence-electron chi connectivity index (χ0n) is 14.1. The fourth-order valence-corrected chi connectivity index (χ4v) is 3.69. The molecule has 3 aromatic rings. The van der Waals surface area contributed by atoms with Gasteiger partial charge in [-0.25, -0.2) is 0 Å². The molecule has 1 fully saturated rings. The SMILES string of the molecule is CC(C)(C)c1nnc2ccc(N3CCOC(c4cccs4)C3)nn12. The Hall–Kier alpha value is -1.99. The number of ether oxygens (including phenoxy) is 1. The van der Waals surface area contributed by atoms with E-state index >= 15 is 0 Å². The van der Waals surface area contributed by atoms with Gasteiger partial charge in [0, 0.05) is 16.8 Å². The Morgan fingerprint density at radius 3 is 2.83 bits per heavy atom. The third-order valence-corrected chi connectivity index (χ3v) is 5.13. The summed E-state index contributed by atoms with van der Waals surface area (Å²) in [6.07, 6.45) is 0.110. The van der Waals surface area contributed by atoms with Crippen molar-refractivity contribution >= 4 is 22.8 Å². The summed E-state index contributed by atoms with van der Waals surface area (Å²) in [6.45, 7) is 8.73. The van der Waals surface area contributed by atoms with Crippen molar-refractivity contribution in [2.24, 2.45) is 0 Å². The van der Waals surface area contributed by atoms with E-state index in [1.807, 2.05) is 16.6 Å². The van der Waals surface area contributed by atoms with E-state index in [4.69, 9.17) is 9.84 Å². The second-order valence-electron chi connectivity index (χ2n) is 7.06. The maximum atomic E-state index is 5.93. The second kappa shape index (κ2) is 5.82. The lowest BCUT2D eigenvalue weighted by Crippen LogP contribution is -2.38. The standard InChI is InChI=1S/C17H21N5OS/c1-17(2,3)16-19-18-14-6-7-15(20-22(14)16)21-8-9-23-12(11-21)13-5-4-10-24-13/h4-7,10,12H,8-9,11H2,1-3H3. The molecule has 3 aromatic heterocycles. The van der Waals surface area contributed by atoms with Gasteiger partial charge in [0.15, 0.2) is 11.5 Å². The van der Waals surface area contributed by atoms with Crippen LogP contribution < -0.4 is 4.90 Å². The molecule has 1 saturated heterocycles. The van der Waals surface area contributed by atoms with E-state index in [1.165, 1.54) is 4.88 Å². The molecule has 1 atom stereocenters. The maximum absolute atomic E-state index is 5.93. The number of hydrogen-bond acceptors (Lipinski definition) is 6. The molecule has 0 N–H and O–H groups in total. The van der Waals surface area contributed by atoms with Gasteiger partial charge in [-0.1, -0.05) is 26.8 Å². The van der Waals surface area contributed by atoms with Gasteiger partial charge in [-0.3, -0.25) is 0 Å². The maximum Gasteiger partial charge on any atom is 0.178 e. The Morgan fingerprint density at radius 1 is 1.21 bits per heavy atom. The Balaban J connectivity index is 1.66. The van der Waals surface area contributed by atoms with Crippen LogP contribution in [0.15, 0.2) is 29.6 Å². The summed E-state index contributed by atoms with van der Waals surface area (Å²) in [5, 5.41) is 15.5. The molecule has 0 bridgehead atoms. The van der Waals surface area contributed by atoms with Crippen LogP contribution in [0.3, 0.4) is 0 Å². The van der Waals surface area contributed by atoms with Crippen LogP contribution in [-0.4, -0.2) is 39.5 Å². The van der Waals surface area contributed by atoms with Crippen LogP contribution in [0.5, 0.6) is 0 Å². The predicted molar refractivity (Wildman–Crippen MR) is 94.7 cm³/mol. The molecule has 1 aliphatic rings. The zero-order chi connectivity index (χ0) is 16.7. The van der Waals surface area contributed by atoms with Crippen molar-refractivity contribution in [1.29, 1.82) is 0 Å². The smallest absolute Gasteiger partial charge is 0.178 e. The summed E-state index contributed by atoms with van der Waals surface area (Å²) in [4.78, 5) is 3.54. The van der Waals surface area contributed by atoms with Crippen LogP contribution in [0.2, 0.25) is 0 Å². The van der Waals surface area contributed by atoms with Gasteiger partial charge in [0.1, 0.15) is 11.9 Å². The molecule has 4 heterocycles. The average molecular weight is 343 g/mol. The topological polar surface area (TPSA) is 55.5 Å². The number of rotatable bonds is 2. The third kappa shape index (κ3) is 2.78. The highest BCUT2D eigenvalue weighted by Crippen LogP contribution is 2.28. The van der Waals surface area contributed by atoms with Gasteiger partial charge < -0.3 is 9.64 Å². The number of aromatic nitrogens is 4. The number of anilines is 1. The monoisotopic (exact) mass is 343 g/mol. The molecule has 126 valence electrons. The van der Waals surface area contributed by atoms with E-state index in [0.29, 0.717) is 6.61 Å². The molecule has 24 heavy (non-hydrogen) atoms. The molecule has 0 radical (unpaired) electrons. The number of hydrogen-bond donors (Lipinski definition) is 0. The normalized spacial score (nSPS) is 19.1. The highest BCUT2D eigenvalue weighted by molar-refractivity contribution is 7.10. The molecule has 1 aliphatic heterocycles.